The number of benzene rings is 1. The van der Waals surface area contributed by atoms with E-state index in [9.17, 15) is 0 Å². The highest BCUT2D eigenvalue weighted by Crippen LogP contribution is 2.32. The Balaban J connectivity index is 0.00000121. The molecular weight excluding hydrogens is 371 g/mol. The minimum Gasteiger partial charge on any atom is -0.490 e. The van der Waals surface area contributed by atoms with Crippen LogP contribution < -0.4 is 9.47 Å². The molecular formula is C20H22Cl2N2O2. The van der Waals surface area contributed by atoms with Gasteiger partial charge in [0.2, 0.25) is 0 Å². The summed E-state index contributed by atoms with van der Waals surface area (Å²) < 4.78 is 11.5. The molecule has 138 valence electrons. The Bertz CT molecular complexity index is 792. The lowest BCUT2D eigenvalue weighted by Crippen LogP contribution is -2.11. The van der Waals surface area contributed by atoms with E-state index in [4.69, 9.17) is 14.5 Å². The van der Waals surface area contributed by atoms with Crippen LogP contribution in [0.5, 0.6) is 11.5 Å². The molecule has 3 heterocycles. The maximum Gasteiger partial charge on any atom is 0.161 e. The Hall–Kier alpha value is -2.04. The molecule has 0 saturated carbocycles. The van der Waals surface area contributed by atoms with E-state index in [1.54, 1.807) is 6.20 Å². The quantitative estimate of drug-likeness (QED) is 0.740. The average Bonchev–Trinajstić information content (AvgIpc) is 2.88. The van der Waals surface area contributed by atoms with E-state index in [0.29, 0.717) is 13.2 Å². The molecule has 0 N–H and O–H groups in total. The van der Waals surface area contributed by atoms with E-state index >= 15 is 0 Å². The van der Waals surface area contributed by atoms with Crippen molar-refractivity contribution in [1.29, 1.82) is 0 Å². The lowest BCUT2D eigenvalue weighted by Gasteiger charge is -2.16. The number of aliphatic imine (C=N–C) groups is 1. The highest BCUT2D eigenvalue weighted by atomic mass is 35.5. The first-order valence-electron chi connectivity index (χ1n) is 8.45. The van der Waals surface area contributed by atoms with Crippen LogP contribution in [-0.4, -0.2) is 30.5 Å². The van der Waals surface area contributed by atoms with E-state index in [0.717, 1.165) is 54.1 Å². The zero-order valence-corrected chi connectivity index (χ0v) is 16.0. The third-order valence-electron chi connectivity index (χ3n) is 4.23. The van der Waals surface area contributed by atoms with Crippen LogP contribution in [0.4, 0.5) is 0 Å². The Kier molecular flexibility index (Phi) is 7.49. The van der Waals surface area contributed by atoms with Crippen LogP contribution in [0, 0.1) is 0 Å². The number of aromatic nitrogens is 1. The summed E-state index contributed by atoms with van der Waals surface area (Å²) in [6, 6.07) is 10.2. The molecule has 0 aliphatic carbocycles. The summed E-state index contributed by atoms with van der Waals surface area (Å²) in [6.07, 6.45) is 8.91. The molecule has 0 atom stereocenters. The summed E-state index contributed by atoms with van der Waals surface area (Å²) in [4.78, 5) is 8.96. The molecule has 26 heavy (non-hydrogen) atoms. The first kappa shape index (κ1) is 20.3. The van der Waals surface area contributed by atoms with Crippen LogP contribution in [-0.2, 0) is 0 Å². The minimum atomic E-state index is 0. The standard InChI is InChI=1S/C20H20N2O2.2ClH/c1-5-17(14-21-8-1)20-16(4-2-9-22-20)12-15-6-7-18-19(13-15)24-11-3-10-23-18;;/h1,5-8,12-14H,2-4,9-11H2;2*1H. The molecule has 0 radical (unpaired) electrons. The molecule has 0 bridgehead atoms. The van der Waals surface area contributed by atoms with Gasteiger partial charge in [0, 0.05) is 30.9 Å². The second-order valence-corrected chi connectivity index (χ2v) is 6.00. The molecule has 6 heteroatoms. The fourth-order valence-electron chi connectivity index (χ4n) is 3.07. The summed E-state index contributed by atoms with van der Waals surface area (Å²) >= 11 is 0. The lowest BCUT2D eigenvalue weighted by molar-refractivity contribution is 0.297. The molecule has 0 unspecified atom stereocenters. The average molecular weight is 393 g/mol. The van der Waals surface area contributed by atoms with E-state index in [1.807, 2.05) is 18.3 Å². The van der Waals surface area contributed by atoms with Crippen LogP contribution in [0.3, 0.4) is 0 Å². The van der Waals surface area contributed by atoms with Crippen molar-refractivity contribution >= 4 is 36.6 Å². The third kappa shape index (κ3) is 4.57. The minimum absolute atomic E-state index is 0. The lowest BCUT2D eigenvalue weighted by atomic mass is 9.95. The zero-order valence-electron chi connectivity index (χ0n) is 14.4. The van der Waals surface area contributed by atoms with Crippen LogP contribution in [0.1, 0.15) is 30.4 Å². The Morgan fingerprint density at radius 2 is 1.81 bits per heavy atom. The normalized spacial score (nSPS) is 17.4. The Morgan fingerprint density at radius 1 is 0.962 bits per heavy atom. The molecule has 2 aromatic rings. The SMILES string of the molecule is C(=C1CCCN=C1c1cccnc1)c1ccc2c(c1)OCCCO2.Cl.Cl. The van der Waals surface area contributed by atoms with Crippen molar-refractivity contribution in [2.24, 2.45) is 4.99 Å². The summed E-state index contributed by atoms with van der Waals surface area (Å²) in [6.45, 7) is 2.30. The van der Waals surface area contributed by atoms with Gasteiger partial charge in [0.1, 0.15) is 0 Å². The van der Waals surface area contributed by atoms with Crippen molar-refractivity contribution in [3.05, 3.63) is 59.4 Å². The molecule has 0 saturated heterocycles. The van der Waals surface area contributed by atoms with Gasteiger partial charge in [-0.25, -0.2) is 0 Å². The van der Waals surface area contributed by atoms with Crippen LogP contribution in [0.15, 0.2) is 53.3 Å². The zero-order chi connectivity index (χ0) is 16.2. The number of fused-ring (bicyclic) bond motifs is 1. The first-order valence-corrected chi connectivity index (χ1v) is 8.45. The highest BCUT2D eigenvalue weighted by Gasteiger charge is 2.15. The second kappa shape index (κ2) is 9.60. The molecule has 0 spiro atoms. The van der Waals surface area contributed by atoms with Crippen molar-refractivity contribution in [2.45, 2.75) is 19.3 Å². The molecule has 1 aromatic heterocycles. The van der Waals surface area contributed by atoms with Crippen LogP contribution in [0.2, 0.25) is 0 Å². The van der Waals surface area contributed by atoms with Crippen LogP contribution in [0.25, 0.3) is 6.08 Å². The third-order valence-corrected chi connectivity index (χ3v) is 4.23. The number of ether oxygens (including phenoxy) is 2. The van der Waals surface area contributed by atoms with Gasteiger partial charge >= 0.3 is 0 Å². The van der Waals surface area contributed by atoms with Crippen molar-refractivity contribution in [1.82, 2.24) is 4.98 Å². The van der Waals surface area contributed by atoms with E-state index in [2.05, 4.69) is 29.3 Å². The highest BCUT2D eigenvalue weighted by molar-refractivity contribution is 6.15. The van der Waals surface area contributed by atoms with Gasteiger partial charge < -0.3 is 9.47 Å². The number of hydrogen-bond donors (Lipinski definition) is 0. The van der Waals surface area contributed by atoms with Gasteiger partial charge in [0.05, 0.1) is 18.9 Å². The number of allylic oxidation sites excluding steroid dienone is 1. The first-order chi connectivity index (χ1) is 11.9. The molecule has 2 aliphatic heterocycles. The smallest absolute Gasteiger partial charge is 0.161 e. The van der Waals surface area contributed by atoms with Gasteiger partial charge in [-0.1, -0.05) is 6.07 Å². The molecule has 0 fully saturated rings. The maximum atomic E-state index is 5.80. The molecule has 1 aromatic carbocycles. The van der Waals surface area contributed by atoms with Gasteiger partial charge in [0.15, 0.2) is 11.5 Å². The van der Waals surface area contributed by atoms with Crippen molar-refractivity contribution in [3.63, 3.8) is 0 Å². The van der Waals surface area contributed by atoms with Gasteiger partial charge in [-0.05, 0) is 54.3 Å². The topological polar surface area (TPSA) is 43.7 Å². The molecule has 2 aliphatic rings. The summed E-state index contributed by atoms with van der Waals surface area (Å²) in [5, 5.41) is 0. The summed E-state index contributed by atoms with van der Waals surface area (Å²) in [7, 11) is 0. The summed E-state index contributed by atoms with van der Waals surface area (Å²) in [5.74, 6) is 1.66. The monoisotopic (exact) mass is 392 g/mol. The summed E-state index contributed by atoms with van der Waals surface area (Å²) in [5.41, 5.74) is 4.51. The van der Waals surface area contributed by atoms with Gasteiger partial charge in [-0.2, -0.15) is 0 Å². The van der Waals surface area contributed by atoms with Crippen molar-refractivity contribution in [2.75, 3.05) is 19.8 Å². The molecule has 0 amide bonds. The maximum absolute atomic E-state index is 5.80. The van der Waals surface area contributed by atoms with Crippen LogP contribution >= 0.6 is 24.8 Å². The predicted octanol–water partition coefficient (Wildman–Crippen LogP) is 4.75. The fourth-order valence-corrected chi connectivity index (χ4v) is 3.07. The van der Waals surface area contributed by atoms with Crippen molar-refractivity contribution < 1.29 is 9.47 Å². The van der Waals surface area contributed by atoms with E-state index < -0.39 is 0 Å². The number of pyridine rings is 1. The number of halogens is 2. The predicted molar refractivity (Wildman–Crippen MR) is 109 cm³/mol. The second-order valence-electron chi connectivity index (χ2n) is 6.00. The number of nitrogens with zero attached hydrogens (tertiary/aromatic N) is 2. The van der Waals surface area contributed by atoms with E-state index in [-0.39, 0.29) is 24.8 Å². The number of rotatable bonds is 2. The number of hydrogen-bond acceptors (Lipinski definition) is 4. The van der Waals surface area contributed by atoms with Gasteiger partial charge in [0.25, 0.3) is 0 Å². The van der Waals surface area contributed by atoms with Gasteiger partial charge in [-0.3, -0.25) is 9.98 Å². The van der Waals surface area contributed by atoms with Gasteiger partial charge in [-0.15, -0.1) is 24.8 Å². The van der Waals surface area contributed by atoms with Crippen molar-refractivity contribution in [3.8, 4) is 11.5 Å². The Morgan fingerprint density at radius 3 is 2.62 bits per heavy atom. The molecule has 4 rings (SSSR count). The van der Waals surface area contributed by atoms with E-state index in [1.165, 1.54) is 5.57 Å². The Labute approximate surface area is 166 Å². The largest absolute Gasteiger partial charge is 0.490 e. The molecule has 4 nitrogen and oxygen atoms in total. The fraction of sp³-hybridized carbons (Fsp3) is 0.300.